The first kappa shape index (κ1) is 14.9. The van der Waals surface area contributed by atoms with Gasteiger partial charge in [0.15, 0.2) is 0 Å². The molecule has 1 amide bonds. The summed E-state index contributed by atoms with van der Waals surface area (Å²) in [6, 6.07) is 3.08. The Morgan fingerprint density at radius 3 is 2.26 bits per heavy atom. The maximum atomic E-state index is 12.0. The Morgan fingerprint density at radius 1 is 1.21 bits per heavy atom. The van der Waals surface area contributed by atoms with Crippen LogP contribution in [0.15, 0.2) is 12.1 Å². The van der Waals surface area contributed by atoms with E-state index >= 15 is 0 Å². The van der Waals surface area contributed by atoms with E-state index < -0.39 is 5.54 Å². The number of carbonyl (C=O) groups is 1. The number of carbonyl (C=O) groups excluding carboxylic acids is 1. The van der Waals surface area contributed by atoms with Crippen molar-refractivity contribution < 1.29 is 4.79 Å². The highest BCUT2D eigenvalue weighted by atomic mass is 35.5. The third kappa shape index (κ3) is 3.76. The molecule has 1 saturated carbocycles. The topological polar surface area (TPSA) is 55.1 Å². The lowest BCUT2D eigenvalue weighted by atomic mass is 9.94. The van der Waals surface area contributed by atoms with Crippen molar-refractivity contribution in [3.05, 3.63) is 27.2 Å². The second-order valence-electron chi connectivity index (χ2n) is 5.04. The second kappa shape index (κ2) is 5.88. The number of nitrogens with one attached hydrogen (secondary N) is 1. The monoisotopic (exact) mass is 320 g/mol. The zero-order valence-electron chi connectivity index (χ0n) is 10.3. The van der Waals surface area contributed by atoms with Gasteiger partial charge in [0.25, 0.3) is 0 Å². The molecular weight excluding hydrogens is 307 g/mol. The van der Waals surface area contributed by atoms with Crippen LogP contribution in [0.3, 0.4) is 0 Å². The van der Waals surface area contributed by atoms with Crippen LogP contribution in [-0.4, -0.2) is 11.4 Å². The molecule has 0 aliphatic heterocycles. The van der Waals surface area contributed by atoms with Gasteiger partial charge in [-0.1, -0.05) is 47.6 Å². The van der Waals surface area contributed by atoms with E-state index in [2.05, 4.69) is 5.32 Å². The third-order valence-corrected chi connectivity index (χ3v) is 4.20. The number of hydrogen-bond donors (Lipinski definition) is 2. The molecule has 19 heavy (non-hydrogen) atoms. The Bertz CT molecular complexity index is 476. The Labute approximate surface area is 127 Å². The lowest BCUT2D eigenvalue weighted by molar-refractivity contribution is -0.117. The van der Waals surface area contributed by atoms with E-state index in [4.69, 9.17) is 40.5 Å². The van der Waals surface area contributed by atoms with Crippen molar-refractivity contribution in [1.82, 2.24) is 0 Å². The van der Waals surface area contributed by atoms with Crippen molar-refractivity contribution in [2.75, 3.05) is 5.32 Å². The Morgan fingerprint density at radius 2 is 1.74 bits per heavy atom. The molecule has 1 fully saturated rings. The number of hydrogen-bond acceptors (Lipinski definition) is 2. The number of benzene rings is 1. The molecule has 0 aromatic heterocycles. The summed E-state index contributed by atoms with van der Waals surface area (Å²) in [5.74, 6) is -0.171. The number of anilines is 1. The van der Waals surface area contributed by atoms with Crippen molar-refractivity contribution >= 4 is 46.4 Å². The summed E-state index contributed by atoms with van der Waals surface area (Å²) in [5.41, 5.74) is 6.16. The summed E-state index contributed by atoms with van der Waals surface area (Å²) in [6.07, 6.45) is 4.19. The Hall–Kier alpha value is -0.480. The van der Waals surface area contributed by atoms with Crippen LogP contribution in [0.4, 0.5) is 5.69 Å². The zero-order chi connectivity index (χ0) is 14.0. The molecule has 0 bridgehead atoms. The molecule has 0 saturated heterocycles. The minimum atomic E-state index is -0.393. The Balaban J connectivity index is 2.07. The van der Waals surface area contributed by atoms with Crippen LogP contribution in [0.5, 0.6) is 0 Å². The van der Waals surface area contributed by atoms with Crippen molar-refractivity contribution in [3.63, 3.8) is 0 Å². The van der Waals surface area contributed by atoms with E-state index in [0.29, 0.717) is 20.8 Å². The summed E-state index contributed by atoms with van der Waals surface area (Å²) in [7, 11) is 0. The van der Waals surface area contributed by atoms with Crippen LogP contribution >= 0.6 is 34.8 Å². The molecule has 0 radical (unpaired) electrons. The third-order valence-electron chi connectivity index (χ3n) is 3.38. The molecule has 1 aliphatic carbocycles. The molecule has 0 spiro atoms. The molecule has 0 atom stereocenters. The molecule has 1 aromatic carbocycles. The molecule has 0 heterocycles. The number of halogens is 3. The molecule has 2 rings (SSSR count). The maximum Gasteiger partial charge on any atom is 0.226 e. The van der Waals surface area contributed by atoms with Gasteiger partial charge in [0.2, 0.25) is 5.91 Å². The fourth-order valence-corrected chi connectivity index (χ4v) is 3.33. The van der Waals surface area contributed by atoms with E-state index in [1.165, 1.54) is 0 Å². The molecule has 3 nitrogen and oxygen atoms in total. The minimum Gasteiger partial charge on any atom is -0.325 e. The van der Waals surface area contributed by atoms with Crippen LogP contribution in [0, 0.1) is 0 Å². The molecule has 1 aliphatic rings. The maximum absolute atomic E-state index is 12.0. The second-order valence-corrected chi connectivity index (χ2v) is 6.29. The van der Waals surface area contributed by atoms with Crippen molar-refractivity contribution in [3.8, 4) is 0 Å². The normalized spacial score (nSPS) is 17.5. The van der Waals surface area contributed by atoms with Gasteiger partial charge in [0, 0.05) is 17.0 Å². The fraction of sp³-hybridized carbons (Fsp3) is 0.462. The highest BCUT2D eigenvalue weighted by molar-refractivity contribution is 6.42. The fourth-order valence-electron chi connectivity index (χ4n) is 2.42. The predicted octanol–water partition coefficient (Wildman–Crippen LogP) is 4.25. The lowest BCUT2D eigenvalue weighted by Crippen LogP contribution is -2.40. The molecule has 6 heteroatoms. The van der Waals surface area contributed by atoms with Gasteiger partial charge in [-0.25, -0.2) is 0 Å². The summed E-state index contributed by atoms with van der Waals surface area (Å²) >= 11 is 17.8. The molecule has 1 aromatic rings. The molecule has 104 valence electrons. The highest BCUT2D eigenvalue weighted by Crippen LogP contribution is 2.35. The number of amides is 1. The smallest absolute Gasteiger partial charge is 0.226 e. The van der Waals surface area contributed by atoms with Crippen LogP contribution in [0.25, 0.3) is 0 Å². The van der Waals surface area contributed by atoms with Gasteiger partial charge in [0.1, 0.15) is 0 Å². The summed E-state index contributed by atoms with van der Waals surface area (Å²) in [4.78, 5) is 12.0. The average Bonchev–Trinajstić information content (AvgIpc) is 2.70. The largest absolute Gasteiger partial charge is 0.325 e. The van der Waals surface area contributed by atoms with E-state index in [9.17, 15) is 4.79 Å². The van der Waals surface area contributed by atoms with Gasteiger partial charge in [0.05, 0.1) is 15.7 Å². The van der Waals surface area contributed by atoms with Crippen molar-refractivity contribution in [2.24, 2.45) is 5.73 Å². The minimum absolute atomic E-state index is 0.171. The van der Waals surface area contributed by atoms with Gasteiger partial charge in [-0.15, -0.1) is 0 Å². The SMILES string of the molecule is NC1(CC(=O)Nc2c(Cl)cc(Cl)cc2Cl)CCCC1. The molecule has 0 unspecified atom stereocenters. The van der Waals surface area contributed by atoms with Crippen molar-refractivity contribution in [2.45, 2.75) is 37.6 Å². The number of rotatable bonds is 3. The average molecular weight is 322 g/mol. The van der Waals surface area contributed by atoms with Crippen LogP contribution in [0.2, 0.25) is 15.1 Å². The van der Waals surface area contributed by atoms with Gasteiger partial charge in [-0.05, 0) is 25.0 Å². The van der Waals surface area contributed by atoms with Gasteiger partial charge >= 0.3 is 0 Å². The van der Waals surface area contributed by atoms with E-state index in [0.717, 1.165) is 25.7 Å². The quantitative estimate of drug-likeness (QED) is 0.874. The van der Waals surface area contributed by atoms with E-state index in [1.807, 2.05) is 0 Å². The van der Waals surface area contributed by atoms with Crippen LogP contribution < -0.4 is 11.1 Å². The summed E-state index contributed by atoms with van der Waals surface area (Å²) in [6.45, 7) is 0. The van der Waals surface area contributed by atoms with Gasteiger partial charge < -0.3 is 11.1 Å². The Kier molecular flexibility index (Phi) is 4.62. The van der Waals surface area contributed by atoms with Gasteiger partial charge in [-0.3, -0.25) is 4.79 Å². The van der Waals surface area contributed by atoms with E-state index in [-0.39, 0.29) is 12.3 Å². The van der Waals surface area contributed by atoms with Gasteiger partial charge in [-0.2, -0.15) is 0 Å². The molecule has 3 N–H and O–H groups in total. The van der Waals surface area contributed by atoms with E-state index in [1.54, 1.807) is 12.1 Å². The van der Waals surface area contributed by atoms with Crippen LogP contribution in [0.1, 0.15) is 32.1 Å². The predicted molar refractivity (Wildman–Crippen MR) is 80.1 cm³/mol. The first-order chi connectivity index (χ1) is 8.89. The van der Waals surface area contributed by atoms with Crippen LogP contribution in [-0.2, 0) is 4.79 Å². The molecular formula is C13H15Cl3N2O. The lowest BCUT2D eigenvalue weighted by Gasteiger charge is -2.22. The number of nitrogens with two attached hydrogens (primary N) is 1. The first-order valence-electron chi connectivity index (χ1n) is 6.13. The standard InChI is InChI=1S/C13H15Cl3N2O/c14-8-5-9(15)12(10(16)6-8)18-11(19)7-13(17)3-1-2-4-13/h5-6H,1-4,7,17H2,(H,18,19). The van der Waals surface area contributed by atoms with Crippen molar-refractivity contribution in [1.29, 1.82) is 0 Å². The highest BCUT2D eigenvalue weighted by Gasteiger charge is 2.31. The zero-order valence-corrected chi connectivity index (χ0v) is 12.6. The summed E-state index contributed by atoms with van der Waals surface area (Å²) < 4.78 is 0. The summed E-state index contributed by atoms with van der Waals surface area (Å²) in [5, 5.41) is 3.79. The first-order valence-corrected chi connectivity index (χ1v) is 7.26.